The molecule has 0 aromatic carbocycles. The Morgan fingerprint density at radius 2 is 1.07 bits per heavy atom. The molecule has 1 aliphatic rings. The minimum Gasteiger partial charge on any atom is -0.475 e. The first-order chi connectivity index (χ1) is 31.5. The van der Waals surface area contributed by atoms with E-state index in [0.717, 1.165) is 86.4 Å². The summed E-state index contributed by atoms with van der Waals surface area (Å²) in [6, 6.07) is 8.41. The van der Waals surface area contributed by atoms with Gasteiger partial charge in [-0.25, -0.2) is 4.79 Å². The zero-order valence-corrected chi connectivity index (χ0v) is 42.1. The van der Waals surface area contributed by atoms with Crippen LogP contribution in [-0.4, -0.2) is 76.9 Å². The first-order valence-electron chi connectivity index (χ1n) is 21.0. The van der Waals surface area contributed by atoms with E-state index in [4.69, 9.17) is 37.6 Å². The van der Waals surface area contributed by atoms with Crippen LogP contribution in [-0.2, 0) is 35.2 Å². The number of carbonyl (C=O) groups excluding carboxylic acids is 1. The zero-order chi connectivity index (χ0) is 50.5. The molecule has 1 aliphatic heterocycles. The van der Waals surface area contributed by atoms with Crippen LogP contribution in [0.25, 0.3) is 6.08 Å². The van der Waals surface area contributed by atoms with Crippen LogP contribution in [0.1, 0.15) is 138 Å². The molecule has 7 aromatic heterocycles. The second-order valence-corrected chi connectivity index (χ2v) is 16.3. The summed E-state index contributed by atoms with van der Waals surface area (Å²) >= 11 is 3.35. The van der Waals surface area contributed by atoms with Crippen LogP contribution >= 0.6 is 15.9 Å². The summed E-state index contributed by atoms with van der Waals surface area (Å²) in [4.78, 5) is 20.0. The number of rotatable bonds is 8. The minimum absolute atomic E-state index is 0.0686. The number of aromatic nitrogens is 7. The molecule has 67 heavy (non-hydrogen) atoms. The van der Waals surface area contributed by atoms with Gasteiger partial charge in [0.2, 0.25) is 5.76 Å². The van der Waals surface area contributed by atoms with Crippen LogP contribution in [0.3, 0.4) is 0 Å². The van der Waals surface area contributed by atoms with E-state index in [9.17, 15) is 9.59 Å². The van der Waals surface area contributed by atoms with Gasteiger partial charge in [0, 0.05) is 55.1 Å². The van der Waals surface area contributed by atoms with Crippen molar-refractivity contribution in [3.63, 3.8) is 0 Å². The van der Waals surface area contributed by atoms with Crippen molar-refractivity contribution in [2.75, 3.05) is 0 Å². The summed E-state index contributed by atoms with van der Waals surface area (Å²) in [5.74, 6) is 3.05. The van der Waals surface area contributed by atoms with Crippen molar-refractivity contribution in [2.24, 2.45) is 0 Å². The molecule has 364 valence electrons. The van der Waals surface area contributed by atoms with Gasteiger partial charge in [0.15, 0.2) is 29.3 Å². The third kappa shape index (κ3) is 18.5. The van der Waals surface area contributed by atoms with Gasteiger partial charge in [-0.2, -0.15) is 0 Å². The van der Waals surface area contributed by atoms with Crippen molar-refractivity contribution in [1.82, 2.24) is 36.1 Å². The van der Waals surface area contributed by atoms with E-state index in [1.165, 1.54) is 6.07 Å². The van der Waals surface area contributed by atoms with Gasteiger partial charge in [0.25, 0.3) is 0 Å². The van der Waals surface area contributed by atoms with Crippen LogP contribution < -0.4 is 5.46 Å². The van der Waals surface area contributed by atoms with E-state index >= 15 is 0 Å². The molecule has 1 fully saturated rings. The third-order valence-electron chi connectivity index (χ3n) is 9.28. The second-order valence-electron chi connectivity index (χ2n) is 15.5. The van der Waals surface area contributed by atoms with E-state index in [1.807, 2.05) is 95.2 Å². The van der Waals surface area contributed by atoms with Crippen LogP contribution in [0, 0.1) is 48.5 Å². The molecule has 22 heteroatoms. The fraction of sp³-hybridized carbons (Fsp3) is 0.444. The molecule has 0 aliphatic carbocycles. The maximum absolute atomic E-state index is 10.1. The molecule has 8 rings (SSSR count). The van der Waals surface area contributed by atoms with Gasteiger partial charge in [-0.05, 0) is 98.2 Å². The summed E-state index contributed by atoms with van der Waals surface area (Å²) in [5, 5.41) is 42.2. The van der Waals surface area contributed by atoms with E-state index in [-0.39, 0.29) is 36.4 Å². The maximum Gasteiger partial charge on any atom is 0.500 e. The highest BCUT2D eigenvalue weighted by molar-refractivity contribution is 9.10. The summed E-state index contributed by atoms with van der Waals surface area (Å²) in [7, 11) is -0.374. The number of aliphatic hydroxyl groups excluding tert-OH is 1. The number of aldehydes is 1. The quantitative estimate of drug-likeness (QED) is 0.106. The number of aliphatic hydroxyl groups is 1. The van der Waals surface area contributed by atoms with E-state index < -0.39 is 5.97 Å². The maximum atomic E-state index is 10.1. The Kier molecular flexibility index (Phi) is 23.3. The summed E-state index contributed by atoms with van der Waals surface area (Å²) < 4.78 is 46.3. The molecule has 2 N–H and O–H groups in total. The van der Waals surface area contributed by atoms with Gasteiger partial charge in [-0.15, -0.1) is 0 Å². The summed E-state index contributed by atoms with van der Waals surface area (Å²) in [6.45, 7) is 30.6. The van der Waals surface area contributed by atoms with Gasteiger partial charge in [-0.1, -0.05) is 63.4 Å². The van der Waals surface area contributed by atoms with Crippen molar-refractivity contribution >= 4 is 46.8 Å². The Labute approximate surface area is 398 Å². The van der Waals surface area contributed by atoms with Crippen molar-refractivity contribution < 1.29 is 60.8 Å². The predicted octanol–water partition coefficient (Wildman–Crippen LogP) is 9.28. The van der Waals surface area contributed by atoms with Crippen molar-refractivity contribution in [2.45, 2.75) is 134 Å². The second kappa shape index (κ2) is 27.4. The average molecular weight is 999 g/mol. The van der Waals surface area contributed by atoms with Gasteiger partial charge in [0.1, 0.15) is 18.1 Å². The predicted molar refractivity (Wildman–Crippen MR) is 249 cm³/mol. The minimum atomic E-state index is -1.09. The van der Waals surface area contributed by atoms with Crippen LogP contribution in [0.15, 0.2) is 73.0 Å². The number of carbonyl (C=O) groups is 2. The van der Waals surface area contributed by atoms with Crippen LogP contribution in [0.5, 0.6) is 0 Å². The number of aromatic carboxylic acids is 1. The molecule has 0 spiro atoms. The lowest BCUT2D eigenvalue weighted by Crippen LogP contribution is -2.41. The summed E-state index contributed by atoms with van der Waals surface area (Å²) in [5.41, 5.74) is 6.02. The fourth-order valence-electron chi connectivity index (χ4n) is 5.02. The first kappa shape index (κ1) is 56.9. The van der Waals surface area contributed by atoms with E-state index in [1.54, 1.807) is 32.1 Å². The topological polar surface area (TPSA) is 275 Å². The average Bonchev–Trinajstić information content (AvgIpc) is 4.17. The number of halogens is 1. The van der Waals surface area contributed by atoms with Gasteiger partial charge in [-0.3, -0.25) is 4.79 Å². The van der Waals surface area contributed by atoms with Crippen LogP contribution in [0.2, 0.25) is 0 Å². The normalized spacial score (nSPS) is 12.7. The van der Waals surface area contributed by atoms with Gasteiger partial charge < -0.3 is 51.2 Å². The molecule has 1 saturated heterocycles. The molecule has 0 bridgehead atoms. The summed E-state index contributed by atoms with van der Waals surface area (Å²) in [6.07, 6.45) is 4.86. The number of hydrogen-bond acceptors (Lipinski definition) is 19. The fourth-order valence-corrected chi connectivity index (χ4v) is 5.45. The Bertz CT molecular complexity index is 2440. The Morgan fingerprint density at radius 1 is 0.627 bits per heavy atom. The third-order valence-corrected chi connectivity index (χ3v) is 10.3. The zero-order valence-electron chi connectivity index (χ0n) is 40.5. The molecular formula is C45H61BBrN7O13. The molecule has 8 heterocycles. The molecule has 0 unspecified atom stereocenters. The number of aryl methyl sites for hydroxylation is 10. The van der Waals surface area contributed by atoms with E-state index in [2.05, 4.69) is 72.2 Å². The first-order valence-corrected chi connectivity index (χ1v) is 21.8. The number of hydrogen-bond donors (Lipinski definition) is 2. The standard InChI is InChI=1S/C12H20BNO3.C6H8BrNO.C6H9NO.C6H7NO.C5H5NO3.C5H7NO2.C5H5NO2/c1-7-9-10(8(2)14-15-9)13-16-11(3,4)12(5,6)17-13;1-3-5-6(7)4(2)8-9-5;2*1-3-6-4-5(2)7-8-6;1-3-2-4(5(7)8)9-6-3;2*1-4-2-5(3-7)8-6-4/h7H2,1-6H3;3H2,1-2H3;4H,3H2,1-2H3;3-4H,1H2,2H3;2H,1H3,(H,7,8);2,7H,3H2,1H3;2-3H,1H3. The van der Waals surface area contributed by atoms with Gasteiger partial charge >= 0.3 is 13.1 Å². The van der Waals surface area contributed by atoms with Crippen molar-refractivity contribution in [3.05, 3.63) is 122 Å². The van der Waals surface area contributed by atoms with Crippen molar-refractivity contribution in [3.8, 4) is 0 Å². The Hall–Kier alpha value is -6.23. The monoisotopic (exact) mass is 997 g/mol. The highest BCUT2D eigenvalue weighted by atomic mass is 79.9. The largest absolute Gasteiger partial charge is 0.500 e. The molecule has 20 nitrogen and oxygen atoms in total. The van der Waals surface area contributed by atoms with Crippen LogP contribution in [0.4, 0.5) is 0 Å². The van der Waals surface area contributed by atoms with Gasteiger partial charge in [0.05, 0.1) is 55.5 Å². The molecule has 0 amide bonds. The highest BCUT2D eigenvalue weighted by Gasteiger charge is 2.53. The van der Waals surface area contributed by atoms with E-state index in [0.29, 0.717) is 17.7 Å². The lowest BCUT2D eigenvalue weighted by molar-refractivity contribution is 0.00578. The molecule has 7 aromatic rings. The lowest BCUT2D eigenvalue weighted by Gasteiger charge is -2.32. The Morgan fingerprint density at radius 3 is 1.34 bits per heavy atom. The van der Waals surface area contributed by atoms with Crippen molar-refractivity contribution in [1.29, 1.82) is 0 Å². The smallest absolute Gasteiger partial charge is 0.475 e. The molecular weight excluding hydrogens is 937 g/mol. The number of carboxylic acid groups (broad SMARTS) is 1. The lowest BCUT2D eigenvalue weighted by atomic mass is 9.77. The molecule has 0 atom stereocenters. The SMILES string of the molecule is C=Cc1cc(C)no1.CCc1cc(C)no1.CCc1onc(C)c1B1OC(C)(C)C(C)(C)O1.CCc1onc(C)c1Br.Cc1cc(C(=O)O)on1.Cc1cc(C=O)on1.Cc1cc(CO)on1. The highest BCUT2D eigenvalue weighted by Crippen LogP contribution is 2.37. The molecule has 0 saturated carbocycles. The number of nitrogens with zero attached hydrogens (tertiary/aromatic N) is 7. The Balaban J connectivity index is 0.000000275. The molecule has 0 radical (unpaired) electrons. The number of carboxylic acids is 1.